The minimum atomic E-state index is -0.614. The van der Waals surface area contributed by atoms with E-state index in [1.165, 1.54) is 18.3 Å². The summed E-state index contributed by atoms with van der Waals surface area (Å²) in [6.07, 6.45) is 3.68. The van der Waals surface area contributed by atoms with Crippen LogP contribution in [0.3, 0.4) is 0 Å². The summed E-state index contributed by atoms with van der Waals surface area (Å²) >= 11 is 0. The second-order valence-corrected chi connectivity index (χ2v) is 8.39. The lowest BCUT2D eigenvalue weighted by atomic mass is 10.1. The summed E-state index contributed by atoms with van der Waals surface area (Å²) in [5.74, 6) is -0.836. The Morgan fingerprint density at radius 2 is 1.38 bits per heavy atom. The lowest BCUT2D eigenvalue weighted by Crippen LogP contribution is -2.24. The predicted octanol–water partition coefficient (Wildman–Crippen LogP) is 5.38. The van der Waals surface area contributed by atoms with Gasteiger partial charge < -0.3 is 14.2 Å². The average Bonchev–Trinajstić information content (AvgIpc) is 2.99. The maximum absolute atomic E-state index is 12.7. The zero-order chi connectivity index (χ0) is 28.2. The fourth-order valence-corrected chi connectivity index (χ4v) is 3.56. The molecule has 0 aromatic heterocycles. The molecule has 0 saturated heterocycles. The molecule has 0 bridgehead atoms. The van der Waals surface area contributed by atoms with Crippen LogP contribution < -0.4 is 19.6 Å². The normalized spacial score (nSPS) is 10.5. The van der Waals surface area contributed by atoms with Gasteiger partial charge in [-0.05, 0) is 54.4 Å². The van der Waals surface area contributed by atoms with Gasteiger partial charge >= 0.3 is 11.9 Å². The van der Waals surface area contributed by atoms with Crippen molar-refractivity contribution in [3.63, 3.8) is 0 Å². The number of carbonyl (C=O) groups is 3. The van der Waals surface area contributed by atoms with Gasteiger partial charge in [-0.3, -0.25) is 4.79 Å². The molecule has 8 heteroatoms. The molecule has 0 atom stereocenters. The number of nitrogens with one attached hydrogen (secondary N) is 1. The van der Waals surface area contributed by atoms with E-state index in [1.54, 1.807) is 78.9 Å². The Bertz CT molecular complexity index is 1520. The van der Waals surface area contributed by atoms with Crippen molar-refractivity contribution in [3.8, 4) is 17.2 Å². The topological polar surface area (TPSA) is 103 Å². The molecule has 0 aliphatic carbocycles. The third-order valence-corrected chi connectivity index (χ3v) is 5.51. The first kappa shape index (κ1) is 27.5. The third kappa shape index (κ3) is 7.75. The molecule has 0 aliphatic heterocycles. The van der Waals surface area contributed by atoms with E-state index in [0.29, 0.717) is 28.9 Å². The van der Waals surface area contributed by atoms with Crippen LogP contribution in [0.2, 0.25) is 0 Å². The minimum absolute atomic E-state index is 0.0832. The number of hydrogen-bond acceptors (Lipinski definition) is 7. The van der Waals surface area contributed by atoms with Gasteiger partial charge in [-0.15, -0.1) is 6.58 Å². The summed E-state index contributed by atoms with van der Waals surface area (Å²) < 4.78 is 16.7. The first-order chi connectivity index (χ1) is 19.5. The number of amides is 1. The standard InChI is InChI=1S/C32H26N2O6/c1-2-11-23-12-9-10-17-28(23)38-22-30(35)34-33-21-26-18-19-27(39-31(36)24-13-5-3-6-14-24)20-29(26)40-32(37)25-15-7-4-8-16-25/h2-10,12-21H,1,11,22H2,(H,34,35). The minimum Gasteiger partial charge on any atom is -0.483 e. The summed E-state index contributed by atoms with van der Waals surface area (Å²) in [4.78, 5) is 37.6. The molecule has 4 aromatic carbocycles. The molecule has 0 unspecified atom stereocenters. The first-order valence-corrected chi connectivity index (χ1v) is 12.4. The molecular weight excluding hydrogens is 508 g/mol. The summed E-state index contributed by atoms with van der Waals surface area (Å²) in [5.41, 5.74) is 4.37. The maximum Gasteiger partial charge on any atom is 0.343 e. The number of rotatable bonds is 11. The molecular formula is C32H26N2O6. The van der Waals surface area contributed by atoms with Crippen molar-refractivity contribution in [1.29, 1.82) is 0 Å². The molecule has 1 N–H and O–H groups in total. The number of allylic oxidation sites excluding steroid dienone is 1. The SMILES string of the molecule is C=CCc1ccccc1OCC(=O)NN=Cc1ccc(OC(=O)c2ccccc2)cc1OC(=O)c1ccccc1. The van der Waals surface area contributed by atoms with Crippen LogP contribution in [0, 0.1) is 0 Å². The van der Waals surface area contributed by atoms with Crippen molar-refractivity contribution in [2.24, 2.45) is 5.10 Å². The van der Waals surface area contributed by atoms with Gasteiger partial charge in [-0.1, -0.05) is 60.7 Å². The van der Waals surface area contributed by atoms with Gasteiger partial charge in [0.25, 0.3) is 5.91 Å². The van der Waals surface area contributed by atoms with Crippen molar-refractivity contribution in [2.45, 2.75) is 6.42 Å². The molecule has 8 nitrogen and oxygen atoms in total. The lowest BCUT2D eigenvalue weighted by molar-refractivity contribution is -0.123. The molecule has 0 fully saturated rings. The van der Waals surface area contributed by atoms with Crippen LogP contribution in [-0.4, -0.2) is 30.7 Å². The highest BCUT2D eigenvalue weighted by Gasteiger charge is 2.15. The summed E-state index contributed by atoms with van der Waals surface area (Å²) in [6, 6.07) is 28.8. The molecule has 40 heavy (non-hydrogen) atoms. The number of hydrazone groups is 1. The van der Waals surface area contributed by atoms with Gasteiger partial charge in [0.15, 0.2) is 6.61 Å². The Hall–Kier alpha value is -5.50. The third-order valence-electron chi connectivity index (χ3n) is 5.51. The molecule has 4 rings (SSSR count). The van der Waals surface area contributed by atoms with Crippen LogP contribution >= 0.6 is 0 Å². The Morgan fingerprint density at radius 3 is 2.05 bits per heavy atom. The van der Waals surface area contributed by atoms with Crippen LogP contribution in [-0.2, 0) is 11.2 Å². The summed E-state index contributed by atoms with van der Waals surface area (Å²) in [7, 11) is 0. The molecule has 1 amide bonds. The first-order valence-electron chi connectivity index (χ1n) is 12.4. The van der Waals surface area contributed by atoms with Gasteiger partial charge in [0.2, 0.25) is 0 Å². The second kappa shape index (κ2) is 13.9. The number of carbonyl (C=O) groups excluding carboxylic acids is 3. The predicted molar refractivity (Wildman–Crippen MR) is 151 cm³/mol. The van der Waals surface area contributed by atoms with Crippen molar-refractivity contribution in [1.82, 2.24) is 5.43 Å². The quantitative estimate of drug-likeness (QED) is 0.0911. The number of ether oxygens (including phenoxy) is 3. The smallest absolute Gasteiger partial charge is 0.343 e. The van der Waals surface area contributed by atoms with E-state index < -0.39 is 17.8 Å². The molecule has 0 saturated carbocycles. The molecule has 0 heterocycles. The van der Waals surface area contributed by atoms with Crippen LogP contribution in [0.1, 0.15) is 31.8 Å². The van der Waals surface area contributed by atoms with Gasteiger partial charge in [0.05, 0.1) is 17.3 Å². The van der Waals surface area contributed by atoms with E-state index in [0.717, 1.165) is 5.56 Å². The number of hydrogen-bond donors (Lipinski definition) is 1. The molecule has 0 aliphatic rings. The largest absolute Gasteiger partial charge is 0.483 e. The number of nitrogens with zero attached hydrogens (tertiary/aromatic N) is 1. The van der Waals surface area contributed by atoms with E-state index in [2.05, 4.69) is 17.1 Å². The van der Waals surface area contributed by atoms with E-state index in [1.807, 2.05) is 18.2 Å². The van der Waals surface area contributed by atoms with E-state index >= 15 is 0 Å². The van der Waals surface area contributed by atoms with Crippen molar-refractivity contribution < 1.29 is 28.6 Å². The summed E-state index contributed by atoms with van der Waals surface area (Å²) in [6.45, 7) is 3.47. The Labute approximate surface area is 231 Å². The van der Waals surface area contributed by atoms with Gasteiger partial charge in [0, 0.05) is 11.6 Å². The van der Waals surface area contributed by atoms with Crippen molar-refractivity contribution in [2.75, 3.05) is 6.61 Å². The zero-order valence-electron chi connectivity index (χ0n) is 21.5. The fraction of sp³-hybridized carbons (Fsp3) is 0.0625. The van der Waals surface area contributed by atoms with Crippen molar-refractivity contribution in [3.05, 3.63) is 138 Å². The lowest BCUT2D eigenvalue weighted by Gasteiger charge is -2.11. The van der Waals surface area contributed by atoms with Crippen molar-refractivity contribution >= 4 is 24.1 Å². The van der Waals surface area contributed by atoms with Gasteiger partial charge in [-0.25, -0.2) is 15.0 Å². The Morgan fingerprint density at radius 1 is 0.750 bits per heavy atom. The van der Waals surface area contributed by atoms with Crippen LogP contribution in [0.4, 0.5) is 0 Å². The second-order valence-electron chi connectivity index (χ2n) is 8.39. The molecule has 0 spiro atoms. The van der Waals surface area contributed by atoms with E-state index in [9.17, 15) is 14.4 Å². The fourth-order valence-electron chi connectivity index (χ4n) is 3.56. The monoisotopic (exact) mass is 534 g/mol. The van der Waals surface area contributed by atoms with E-state index in [-0.39, 0.29) is 18.1 Å². The number of benzene rings is 4. The van der Waals surface area contributed by atoms with E-state index in [4.69, 9.17) is 14.2 Å². The highest BCUT2D eigenvalue weighted by molar-refractivity contribution is 5.94. The van der Waals surface area contributed by atoms with Gasteiger partial charge in [-0.2, -0.15) is 5.10 Å². The molecule has 0 radical (unpaired) electrons. The molecule has 200 valence electrons. The van der Waals surface area contributed by atoms with Gasteiger partial charge in [0.1, 0.15) is 17.2 Å². The summed E-state index contributed by atoms with van der Waals surface area (Å²) in [5, 5.41) is 3.97. The number of esters is 2. The highest BCUT2D eigenvalue weighted by Crippen LogP contribution is 2.26. The zero-order valence-corrected chi connectivity index (χ0v) is 21.5. The average molecular weight is 535 g/mol. The Balaban J connectivity index is 1.46. The highest BCUT2D eigenvalue weighted by atomic mass is 16.5. The Kier molecular flexibility index (Phi) is 9.55. The molecule has 4 aromatic rings. The van der Waals surface area contributed by atoms with Crippen LogP contribution in [0.25, 0.3) is 0 Å². The number of para-hydroxylation sites is 1. The van der Waals surface area contributed by atoms with Crippen LogP contribution in [0.5, 0.6) is 17.2 Å². The maximum atomic E-state index is 12.7. The van der Waals surface area contributed by atoms with Crippen LogP contribution in [0.15, 0.2) is 121 Å².